The summed E-state index contributed by atoms with van der Waals surface area (Å²) in [6.45, 7) is 0.585. The van der Waals surface area contributed by atoms with Gasteiger partial charge >= 0.3 is 12.4 Å². The summed E-state index contributed by atoms with van der Waals surface area (Å²) in [5.74, 6) is 0. The molecule has 3 N–H and O–H groups in total. The first-order valence-corrected chi connectivity index (χ1v) is 7.89. The van der Waals surface area contributed by atoms with Crippen LogP contribution in [0.5, 0.6) is 0 Å². The zero-order chi connectivity index (χ0) is 18.6. The number of sulfonamides is 1. The molecule has 13 heteroatoms. The van der Waals surface area contributed by atoms with Crippen molar-refractivity contribution in [2.75, 3.05) is 5.32 Å². The molecular weight excluding hydrogens is 366 g/mol. The number of anilines is 1. The average molecular weight is 378 g/mol. The lowest BCUT2D eigenvalue weighted by Crippen LogP contribution is -2.74. The Morgan fingerprint density at radius 3 is 2.25 bits per heavy atom. The second-order valence-corrected chi connectivity index (χ2v) is 6.75. The minimum Gasteiger partial charge on any atom is -0.356 e. The van der Waals surface area contributed by atoms with E-state index in [2.05, 4.69) is 10.3 Å². The molecule has 6 nitrogen and oxygen atoms in total. The monoisotopic (exact) mass is 378 g/mol. The molecule has 136 valence electrons. The topological polar surface area (TPSA) is 88.3 Å². The van der Waals surface area contributed by atoms with Crippen molar-refractivity contribution in [2.45, 2.75) is 42.4 Å². The standard InChI is InChI=1S/C11H12F6N4O2S/c1-2-9(10(12,13)14,11(15,16)17)21-8(18)20-6-3-4-19-5-7(6)24(21,22)23/h3-5,8,20H,2,18H2,1H3. The van der Waals surface area contributed by atoms with Crippen molar-refractivity contribution >= 4 is 15.7 Å². The Morgan fingerprint density at radius 1 is 1.25 bits per heavy atom. The summed E-state index contributed by atoms with van der Waals surface area (Å²) in [7, 11) is -5.22. The summed E-state index contributed by atoms with van der Waals surface area (Å²) in [6.07, 6.45) is -14.0. The Hall–Kier alpha value is -1.60. The van der Waals surface area contributed by atoms with E-state index in [1.807, 2.05) is 0 Å². The Labute approximate surface area is 132 Å². The van der Waals surface area contributed by atoms with Crippen LogP contribution in [-0.2, 0) is 10.0 Å². The Kier molecular flexibility index (Phi) is 4.26. The molecule has 0 saturated carbocycles. The Bertz CT molecular complexity index is 719. The quantitative estimate of drug-likeness (QED) is 0.769. The highest BCUT2D eigenvalue weighted by Crippen LogP contribution is 2.52. The molecule has 0 bridgehead atoms. The minimum absolute atomic E-state index is 0.233. The Balaban J connectivity index is 2.81. The average Bonchev–Trinajstić information content (AvgIpc) is 2.40. The molecule has 0 radical (unpaired) electrons. The lowest BCUT2D eigenvalue weighted by molar-refractivity contribution is -0.332. The fraction of sp³-hybridized carbons (Fsp3) is 0.545. The van der Waals surface area contributed by atoms with Crippen molar-refractivity contribution in [3.63, 3.8) is 0 Å². The van der Waals surface area contributed by atoms with E-state index in [1.165, 1.54) is 0 Å². The number of alkyl halides is 6. The first-order chi connectivity index (χ1) is 10.8. The molecular formula is C11H12F6N4O2S. The van der Waals surface area contributed by atoms with Gasteiger partial charge in [0.25, 0.3) is 10.0 Å². The van der Waals surface area contributed by atoms with Crippen LogP contribution in [0.15, 0.2) is 23.4 Å². The Morgan fingerprint density at radius 2 is 1.79 bits per heavy atom. The molecule has 1 atom stereocenters. The number of aromatic nitrogens is 1. The van der Waals surface area contributed by atoms with Gasteiger partial charge in [-0.05, 0) is 12.5 Å². The van der Waals surface area contributed by atoms with Gasteiger partial charge < -0.3 is 5.32 Å². The highest BCUT2D eigenvalue weighted by molar-refractivity contribution is 7.89. The number of pyridine rings is 1. The molecule has 0 amide bonds. The highest BCUT2D eigenvalue weighted by atomic mass is 32.2. The van der Waals surface area contributed by atoms with E-state index in [9.17, 15) is 34.8 Å². The molecule has 0 spiro atoms. The van der Waals surface area contributed by atoms with Crippen LogP contribution in [0, 0.1) is 0 Å². The van der Waals surface area contributed by atoms with Gasteiger partial charge in [-0.3, -0.25) is 10.7 Å². The van der Waals surface area contributed by atoms with Gasteiger partial charge in [0.2, 0.25) is 5.54 Å². The van der Waals surface area contributed by atoms with Crippen LogP contribution in [0.2, 0.25) is 0 Å². The zero-order valence-corrected chi connectivity index (χ0v) is 12.8. The predicted molar refractivity (Wildman–Crippen MR) is 70.0 cm³/mol. The van der Waals surface area contributed by atoms with E-state index in [4.69, 9.17) is 5.73 Å². The highest BCUT2D eigenvalue weighted by Gasteiger charge is 2.76. The number of nitrogens with one attached hydrogen (secondary N) is 1. The molecule has 1 aliphatic rings. The van der Waals surface area contributed by atoms with Crippen LogP contribution in [0.25, 0.3) is 0 Å². The maximum absolute atomic E-state index is 13.4. The van der Waals surface area contributed by atoms with Gasteiger partial charge in [-0.15, -0.1) is 4.31 Å². The summed E-state index contributed by atoms with van der Waals surface area (Å²) in [6, 6.07) is 1.08. The molecule has 1 aromatic heterocycles. The van der Waals surface area contributed by atoms with Crippen molar-refractivity contribution in [1.29, 1.82) is 0 Å². The molecule has 1 aromatic rings. The largest absolute Gasteiger partial charge is 0.416 e. The van der Waals surface area contributed by atoms with E-state index in [0.717, 1.165) is 12.3 Å². The van der Waals surface area contributed by atoms with Gasteiger partial charge in [0.1, 0.15) is 11.2 Å². The molecule has 2 rings (SSSR count). The van der Waals surface area contributed by atoms with E-state index < -0.39 is 49.8 Å². The third kappa shape index (κ3) is 2.41. The van der Waals surface area contributed by atoms with E-state index in [1.54, 1.807) is 0 Å². The third-order valence-corrected chi connectivity index (χ3v) is 5.64. The van der Waals surface area contributed by atoms with E-state index in [0.29, 0.717) is 13.1 Å². The van der Waals surface area contributed by atoms with Crippen molar-refractivity contribution < 1.29 is 34.8 Å². The normalized spacial score (nSPS) is 21.9. The number of rotatable bonds is 2. The van der Waals surface area contributed by atoms with Gasteiger partial charge in [-0.1, -0.05) is 6.92 Å². The summed E-state index contributed by atoms with van der Waals surface area (Å²) in [5, 5.41) is 2.13. The molecule has 24 heavy (non-hydrogen) atoms. The number of nitrogens with zero attached hydrogens (tertiary/aromatic N) is 2. The predicted octanol–water partition coefficient (Wildman–Crippen LogP) is 2.01. The van der Waals surface area contributed by atoms with Crippen LogP contribution >= 0.6 is 0 Å². The van der Waals surface area contributed by atoms with Crippen molar-refractivity contribution in [3.8, 4) is 0 Å². The number of halogens is 6. The van der Waals surface area contributed by atoms with Crippen LogP contribution in [0.4, 0.5) is 32.0 Å². The molecule has 0 fully saturated rings. The van der Waals surface area contributed by atoms with Crippen LogP contribution in [0.3, 0.4) is 0 Å². The molecule has 0 aromatic carbocycles. The summed E-state index contributed by atoms with van der Waals surface area (Å²) in [5.41, 5.74) is 0.425. The first-order valence-electron chi connectivity index (χ1n) is 6.45. The first kappa shape index (κ1) is 18.7. The van der Waals surface area contributed by atoms with Gasteiger partial charge in [-0.2, -0.15) is 26.3 Å². The van der Waals surface area contributed by atoms with Gasteiger partial charge in [0, 0.05) is 12.4 Å². The summed E-state index contributed by atoms with van der Waals surface area (Å²) in [4.78, 5) is 2.61. The summed E-state index contributed by atoms with van der Waals surface area (Å²) < 4.78 is 105. The SMILES string of the molecule is CCC(N1C(N)Nc2ccncc2S1(=O)=O)(C(F)(F)F)C(F)(F)F. The fourth-order valence-corrected chi connectivity index (χ4v) is 4.50. The van der Waals surface area contributed by atoms with E-state index in [-0.39, 0.29) is 5.69 Å². The second kappa shape index (κ2) is 5.46. The molecule has 0 aliphatic carbocycles. The van der Waals surface area contributed by atoms with Crippen LogP contribution in [0.1, 0.15) is 13.3 Å². The van der Waals surface area contributed by atoms with Crippen LogP contribution < -0.4 is 11.1 Å². The lowest BCUT2D eigenvalue weighted by atomic mass is 9.94. The maximum Gasteiger partial charge on any atom is 0.416 e. The molecule has 1 aliphatic heterocycles. The van der Waals surface area contributed by atoms with Gasteiger partial charge in [-0.25, -0.2) is 8.42 Å². The number of fused-ring (bicyclic) bond motifs is 1. The van der Waals surface area contributed by atoms with Gasteiger partial charge in [0.15, 0.2) is 0 Å². The number of hydrogen-bond donors (Lipinski definition) is 2. The summed E-state index contributed by atoms with van der Waals surface area (Å²) >= 11 is 0. The lowest BCUT2D eigenvalue weighted by Gasteiger charge is -2.48. The fourth-order valence-electron chi connectivity index (χ4n) is 2.59. The van der Waals surface area contributed by atoms with E-state index >= 15 is 0 Å². The van der Waals surface area contributed by atoms with Gasteiger partial charge in [0.05, 0.1) is 5.69 Å². The third-order valence-electron chi connectivity index (χ3n) is 3.70. The van der Waals surface area contributed by atoms with Crippen molar-refractivity contribution in [2.24, 2.45) is 5.73 Å². The van der Waals surface area contributed by atoms with Crippen LogP contribution in [-0.4, -0.2) is 41.9 Å². The number of nitrogens with two attached hydrogens (primary N) is 1. The second-order valence-electron chi connectivity index (χ2n) is 4.97. The maximum atomic E-state index is 13.4. The zero-order valence-electron chi connectivity index (χ0n) is 12.0. The van der Waals surface area contributed by atoms with Crippen molar-refractivity contribution in [3.05, 3.63) is 18.5 Å². The minimum atomic E-state index is -5.95. The molecule has 1 unspecified atom stereocenters. The van der Waals surface area contributed by atoms with Crippen molar-refractivity contribution in [1.82, 2.24) is 9.29 Å². The molecule has 2 heterocycles. The molecule has 0 saturated heterocycles. The smallest absolute Gasteiger partial charge is 0.356 e. The number of hydrogen-bond acceptors (Lipinski definition) is 5.